The number of amides is 2. The lowest BCUT2D eigenvalue weighted by atomic mass is 10.1. The minimum absolute atomic E-state index is 0.104. The van der Waals surface area contributed by atoms with Gasteiger partial charge in [-0.15, -0.1) is 0 Å². The van der Waals surface area contributed by atoms with E-state index < -0.39 is 12.1 Å². The van der Waals surface area contributed by atoms with Crippen LogP contribution in [0.1, 0.15) is 33.1 Å². The molecule has 2 amide bonds. The molecule has 0 radical (unpaired) electrons. The predicted molar refractivity (Wildman–Crippen MR) is 70.7 cm³/mol. The molecule has 19 heavy (non-hydrogen) atoms. The van der Waals surface area contributed by atoms with Crippen LogP contribution < -0.4 is 10.6 Å². The summed E-state index contributed by atoms with van der Waals surface area (Å²) in [5, 5.41) is 5.52. The van der Waals surface area contributed by atoms with Crippen LogP contribution in [0.4, 0.5) is 0 Å². The lowest BCUT2D eigenvalue weighted by Gasteiger charge is -2.18. The quantitative estimate of drug-likeness (QED) is 0.650. The largest absolute Gasteiger partial charge is 0.379 e. The number of carbonyl (C=O) groups is 2. The number of hydrogen-bond acceptors (Lipinski definition) is 4. The third-order valence-corrected chi connectivity index (χ3v) is 3.02. The monoisotopic (exact) mass is 272 g/mol. The standard InChI is InChI=1S/C13H24N2O4/c1-3-18-8-9-19-10(2)12(16)15-11-6-4-5-7-14-13(11)17/h10-11H,3-9H2,1-2H3,(H,14,17)(H,15,16)/t10-,11-/m0/s1. The van der Waals surface area contributed by atoms with Crippen LogP contribution in [0.2, 0.25) is 0 Å². The van der Waals surface area contributed by atoms with Crippen LogP contribution >= 0.6 is 0 Å². The topological polar surface area (TPSA) is 76.7 Å². The maximum Gasteiger partial charge on any atom is 0.249 e. The van der Waals surface area contributed by atoms with E-state index in [4.69, 9.17) is 9.47 Å². The summed E-state index contributed by atoms with van der Waals surface area (Å²) >= 11 is 0. The fraction of sp³-hybridized carbons (Fsp3) is 0.846. The van der Waals surface area contributed by atoms with Crippen molar-refractivity contribution in [2.24, 2.45) is 0 Å². The molecule has 0 aromatic rings. The van der Waals surface area contributed by atoms with Gasteiger partial charge in [0, 0.05) is 13.2 Å². The molecule has 2 atom stereocenters. The summed E-state index contributed by atoms with van der Waals surface area (Å²) < 4.78 is 10.5. The van der Waals surface area contributed by atoms with Crippen molar-refractivity contribution in [3.05, 3.63) is 0 Å². The van der Waals surface area contributed by atoms with Crippen molar-refractivity contribution in [3.8, 4) is 0 Å². The second-order valence-corrected chi connectivity index (χ2v) is 4.56. The highest BCUT2D eigenvalue weighted by atomic mass is 16.5. The molecule has 0 saturated carbocycles. The Labute approximate surface area is 114 Å². The Morgan fingerprint density at radius 3 is 3.00 bits per heavy atom. The minimum atomic E-state index is -0.573. The first-order valence-electron chi connectivity index (χ1n) is 6.92. The van der Waals surface area contributed by atoms with E-state index in [2.05, 4.69) is 10.6 Å². The third-order valence-electron chi connectivity index (χ3n) is 3.02. The number of nitrogens with one attached hydrogen (secondary N) is 2. The van der Waals surface area contributed by atoms with Gasteiger partial charge >= 0.3 is 0 Å². The van der Waals surface area contributed by atoms with E-state index in [0.29, 0.717) is 32.8 Å². The van der Waals surface area contributed by atoms with E-state index >= 15 is 0 Å². The first-order chi connectivity index (χ1) is 9.15. The van der Waals surface area contributed by atoms with E-state index in [0.717, 1.165) is 12.8 Å². The maximum absolute atomic E-state index is 11.9. The van der Waals surface area contributed by atoms with Gasteiger partial charge in [0.05, 0.1) is 13.2 Å². The zero-order valence-corrected chi connectivity index (χ0v) is 11.7. The zero-order chi connectivity index (χ0) is 14.1. The molecule has 1 saturated heterocycles. The van der Waals surface area contributed by atoms with Crippen molar-refractivity contribution < 1.29 is 19.1 Å². The molecule has 0 bridgehead atoms. The van der Waals surface area contributed by atoms with E-state index in [1.807, 2.05) is 6.92 Å². The minimum Gasteiger partial charge on any atom is -0.379 e. The van der Waals surface area contributed by atoms with E-state index in [-0.39, 0.29) is 11.8 Å². The van der Waals surface area contributed by atoms with Gasteiger partial charge < -0.3 is 20.1 Å². The number of hydrogen-bond donors (Lipinski definition) is 2. The fourth-order valence-electron chi connectivity index (χ4n) is 1.87. The van der Waals surface area contributed by atoms with Gasteiger partial charge in [-0.3, -0.25) is 9.59 Å². The van der Waals surface area contributed by atoms with Gasteiger partial charge in [0.1, 0.15) is 12.1 Å². The maximum atomic E-state index is 11.9. The lowest BCUT2D eigenvalue weighted by Crippen LogP contribution is -2.48. The smallest absolute Gasteiger partial charge is 0.249 e. The molecular formula is C13H24N2O4. The second-order valence-electron chi connectivity index (χ2n) is 4.56. The highest BCUT2D eigenvalue weighted by molar-refractivity contribution is 5.89. The van der Waals surface area contributed by atoms with Crippen LogP contribution in [0.5, 0.6) is 0 Å². The molecule has 110 valence electrons. The molecule has 0 aromatic heterocycles. The van der Waals surface area contributed by atoms with Crippen LogP contribution in [0.3, 0.4) is 0 Å². The van der Waals surface area contributed by atoms with E-state index in [1.165, 1.54) is 0 Å². The summed E-state index contributed by atoms with van der Waals surface area (Å²) in [6.45, 7) is 5.74. The normalized spacial score (nSPS) is 21.4. The average molecular weight is 272 g/mol. The zero-order valence-electron chi connectivity index (χ0n) is 11.7. The van der Waals surface area contributed by atoms with Gasteiger partial charge in [0.25, 0.3) is 0 Å². The van der Waals surface area contributed by atoms with Gasteiger partial charge in [-0.1, -0.05) is 0 Å². The Kier molecular flexibility index (Phi) is 7.43. The summed E-state index contributed by atoms with van der Waals surface area (Å²) in [6, 6.07) is -0.437. The lowest BCUT2D eigenvalue weighted by molar-refractivity contribution is -0.136. The molecule has 0 aliphatic carbocycles. The molecule has 6 nitrogen and oxygen atoms in total. The molecule has 1 heterocycles. The summed E-state index contributed by atoms with van der Waals surface area (Å²) in [4.78, 5) is 23.6. The Morgan fingerprint density at radius 2 is 2.26 bits per heavy atom. The molecule has 1 aliphatic heterocycles. The highest BCUT2D eigenvalue weighted by Crippen LogP contribution is 2.06. The molecule has 6 heteroatoms. The van der Waals surface area contributed by atoms with Crippen LogP contribution in [-0.4, -0.2) is 50.3 Å². The number of rotatable bonds is 7. The van der Waals surface area contributed by atoms with Crippen LogP contribution in [0.15, 0.2) is 0 Å². The molecule has 0 aromatic carbocycles. The average Bonchev–Trinajstić information content (AvgIpc) is 2.60. The molecular weight excluding hydrogens is 248 g/mol. The van der Waals surface area contributed by atoms with Gasteiger partial charge in [0.15, 0.2) is 0 Å². The Hall–Kier alpha value is -1.14. The van der Waals surface area contributed by atoms with Crippen molar-refractivity contribution in [3.63, 3.8) is 0 Å². The predicted octanol–water partition coefficient (Wildman–Crippen LogP) is 0.213. The van der Waals surface area contributed by atoms with Gasteiger partial charge in [-0.25, -0.2) is 0 Å². The van der Waals surface area contributed by atoms with E-state index in [1.54, 1.807) is 6.92 Å². The first kappa shape index (κ1) is 15.9. The van der Waals surface area contributed by atoms with Crippen LogP contribution in [0, 0.1) is 0 Å². The van der Waals surface area contributed by atoms with Crippen molar-refractivity contribution in [2.75, 3.05) is 26.4 Å². The van der Waals surface area contributed by atoms with Gasteiger partial charge in [-0.2, -0.15) is 0 Å². The van der Waals surface area contributed by atoms with Crippen molar-refractivity contribution >= 4 is 11.8 Å². The number of ether oxygens (including phenoxy) is 2. The SMILES string of the molecule is CCOCCO[C@@H](C)C(=O)N[C@H]1CCCCNC1=O. The van der Waals surface area contributed by atoms with Gasteiger partial charge in [0.2, 0.25) is 11.8 Å². The van der Waals surface area contributed by atoms with Crippen molar-refractivity contribution in [1.82, 2.24) is 10.6 Å². The summed E-state index contributed by atoms with van der Waals surface area (Å²) in [5.41, 5.74) is 0. The molecule has 0 unspecified atom stereocenters. The molecule has 1 rings (SSSR count). The highest BCUT2D eigenvalue weighted by Gasteiger charge is 2.24. The molecule has 1 fully saturated rings. The van der Waals surface area contributed by atoms with Gasteiger partial charge in [-0.05, 0) is 33.1 Å². The summed E-state index contributed by atoms with van der Waals surface area (Å²) in [6.07, 6.45) is 2.00. The second kappa shape index (κ2) is 8.87. The van der Waals surface area contributed by atoms with Crippen molar-refractivity contribution in [1.29, 1.82) is 0 Å². The molecule has 2 N–H and O–H groups in total. The molecule has 0 spiro atoms. The summed E-state index contributed by atoms with van der Waals surface area (Å²) in [5.74, 6) is -0.356. The fourth-order valence-corrected chi connectivity index (χ4v) is 1.87. The Balaban J connectivity index is 2.29. The van der Waals surface area contributed by atoms with Crippen LogP contribution in [0.25, 0.3) is 0 Å². The Morgan fingerprint density at radius 1 is 1.47 bits per heavy atom. The van der Waals surface area contributed by atoms with Crippen molar-refractivity contribution in [2.45, 2.75) is 45.3 Å². The van der Waals surface area contributed by atoms with Crippen LogP contribution in [-0.2, 0) is 19.1 Å². The summed E-state index contributed by atoms with van der Waals surface area (Å²) in [7, 11) is 0. The first-order valence-corrected chi connectivity index (χ1v) is 6.92. The third kappa shape index (κ3) is 6.02. The molecule has 1 aliphatic rings. The Bertz CT molecular complexity index is 296. The van der Waals surface area contributed by atoms with E-state index in [9.17, 15) is 9.59 Å². The number of carbonyl (C=O) groups excluding carboxylic acids is 2.